The fourth-order valence-electron chi connectivity index (χ4n) is 2.96. The highest BCUT2D eigenvalue weighted by atomic mass is 35.5. The summed E-state index contributed by atoms with van der Waals surface area (Å²) in [6, 6.07) is 6.62. The summed E-state index contributed by atoms with van der Waals surface area (Å²) in [5, 5.41) is 6.69. The first-order valence-electron chi connectivity index (χ1n) is 7.17. The van der Waals surface area contributed by atoms with Crippen molar-refractivity contribution in [3.05, 3.63) is 29.4 Å². The van der Waals surface area contributed by atoms with Crippen LogP contribution in [0.3, 0.4) is 0 Å². The van der Waals surface area contributed by atoms with Crippen molar-refractivity contribution in [2.24, 2.45) is 0 Å². The number of halogens is 1. The highest BCUT2D eigenvalue weighted by Crippen LogP contribution is 2.33. The second-order valence-corrected chi connectivity index (χ2v) is 6.14. The molecule has 1 saturated carbocycles. The van der Waals surface area contributed by atoms with Crippen molar-refractivity contribution in [2.75, 3.05) is 24.3 Å². The van der Waals surface area contributed by atoms with Gasteiger partial charge in [-0.25, -0.2) is 4.98 Å². The molecule has 4 heteroatoms. The van der Waals surface area contributed by atoms with Crippen LogP contribution in [-0.2, 0) is 0 Å². The number of nitrogens with one attached hydrogen (secondary N) is 1. The maximum atomic E-state index is 6.15. The van der Waals surface area contributed by atoms with Crippen molar-refractivity contribution in [1.29, 1.82) is 0 Å². The monoisotopic (exact) mass is 289 g/mol. The lowest BCUT2D eigenvalue weighted by molar-refractivity contribution is 0.756. The number of pyridine rings is 1. The van der Waals surface area contributed by atoms with Crippen LogP contribution in [-0.4, -0.2) is 25.1 Å². The molecule has 1 heterocycles. The van der Waals surface area contributed by atoms with Crippen molar-refractivity contribution < 1.29 is 0 Å². The first-order chi connectivity index (χ1) is 9.65. The molecule has 0 saturated heterocycles. The smallest absolute Gasteiger partial charge is 0.136 e. The third kappa shape index (κ3) is 2.55. The van der Waals surface area contributed by atoms with Crippen LogP contribution in [0.15, 0.2) is 24.4 Å². The average molecular weight is 290 g/mol. The molecule has 1 aromatic heterocycles. The Morgan fingerprint density at radius 3 is 2.65 bits per heavy atom. The Labute approximate surface area is 124 Å². The molecule has 0 atom stereocenters. The van der Waals surface area contributed by atoms with Crippen LogP contribution in [0.4, 0.5) is 11.5 Å². The molecule has 0 amide bonds. The summed E-state index contributed by atoms with van der Waals surface area (Å²) in [5.41, 5.74) is 1.12. The predicted octanol–water partition coefficient (Wildman–Crippen LogP) is 4.31. The van der Waals surface area contributed by atoms with Gasteiger partial charge >= 0.3 is 0 Å². The third-order valence-corrected chi connectivity index (χ3v) is 4.20. The molecule has 1 fully saturated rings. The number of anilines is 2. The molecule has 0 aliphatic heterocycles. The van der Waals surface area contributed by atoms with Crippen molar-refractivity contribution >= 4 is 33.9 Å². The van der Waals surface area contributed by atoms with Gasteiger partial charge < -0.3 is 10.2 Å². The molecule has 0 bridgehead atoms. The summed E-state index contributed by atoms with van der Waals surface area (Å²) >= 11 is 6.15. The number of aromatic nitrogens is 1. The Balaban J connectivity index is 2.07. The van der Waals surface area contributed by atoms with Crippen LogP contribution in [0.1, 0.15) is 25.7 Å². The standard InChI is InChI=1S/C16H20ClN3/c1-20(2)16-14-9-11(17)7-8-13(14)15(10-18-16)19-12-5-3-4-6-12/h7-10,12,19H,3-6H2,1-2H3. The summed E-state index contributed by atoms with van der Waals surface area (Å²) in [4.78, 5) is 6.62. The van der Waals surface area contributed by atoms with Crippen molar-refractivity contribution in [3.8, 4) is 0 Å². The minimum atomic E-state index is 0.584. The molecule has 3 rings (SSSR count). The lowest BCUT2D eigenvalue weighted by atomic mass is 10.1. The minimum Gasteiger partial charge on any atom is -0.381 e. The van der Waals surface area contributed by atoms with Crippen molar-refractivity contribution in [3.63, 3.8) is 0 Å². The van der Waals surface area contributed by atoms with Crippen molar-refractivity contribution in [2.45, 2.75) is 31.7 Å². The Kier molecular flexibility index (Phi) is 3.70. The maximum Gasteiger partial charge on any atom is 0.136 e. The molecule has 20 heavy (non-hydrogen) atoms. The van der Waals surface area contributed by atoms with Gasteiger partial charge in [-0.2, -0.15) is 0 Å². The molecule has 2 aromatic rings. The molecule has 1 aliphatic carbocycles. The summed E-state index contributed by atoms with van der Waals surface area (Å²) in [7, 11) is 4.01. The number of nitrogens with zero attached hydrogens (tertiary/aromatic N) is 2. The molecule has 0 spiro atoms. The number of fused-ring (bicyclic) bond motifs is 1. The molecule has 0 unspecified atom stereocenters. The summed E-state index contributed by atoms with van der Waals surface area (Å²) in [5.74, 6) is 0.958. The molecule has 106 valence electrons. The first-order valence-corrected chi connectivity index (χ1v) is 7.55. The van der Waals surface area contributed by atoms with E-state index in [1.807, 2.05) is 37.3 Å². The van der Waals surface area contributed by atoms with E-state index in [2.05, 4.69) is 16.4 Å². The van der Waals surface area contributed by atoms with Gasteiger partial charge in [0, 0.05) is 35.9 Å². The van der Waals surface area contributed by atoms with Gasteiger partial charge in [0.25, 0.3) is 0 Å². The molecule has 1 N–H and O–H groups in total. The van der Waals surface area contributed by atoms with E-state index < -0.39 is 0 Å². The second kappa shape index (κ2) is 5.49. The lowest BCUT2D eigenvalue weighted by Crippen LogP contribution is -2.16. The van der Waals surface area contributed by atoms with Gasteiger partial charge in [-0.05, 0) is 25.0 Å². The van der Waals surface area contributed by atoms with Crippen LogP contribution >= 0.6 is 11.6 Å². The van der Waals surface area contributed by atoms with E-state index in [9.17, 15) is 0 Å². The summed E-state index contributed by atoms with van der Waals surface area (Å²) in [6.07, 6.45) is 7.11. The van der Waals surface area contributed by atoms with Gasteiger partial charge in [-0.3, -0.25) is 0 Å². The van der Waals surface area contributed by atoms with E-state index in [1.54, 1.807) is 0 Å². The molecular formula is C16H20ClN3. The summed E-state index contributed by atoms with van der Waals surface area (Å²) < 4.78 is 0. The third-order valence-electron chi connectivity index (χ3n) is 3.97. The highest BCUT2D eigenvalue weighted by Gasteiger charge is 2.17. The molecule has 1 aromatic carbocycles. The normalized spacial score (nSPS) is 15.8. The SMILES string of the molecule is CN(C)c1ncc(NC2CCCC2)c2ccc(Cl)cc12. The van der Waals surface area contributed by atoms with E-state index in [0.29, 0.717) is 6.04 Å². The highest BCUT2D eigenvalue weighted by molar-refractivity contribution is 6.31. The topological polar surface area (TPSA) is 28.2 Å². The Morgan fingerprint density at radius 2 is 1.95 bits per heavy atom. The number of hydrogen-bond donors (Lipinski definition) is 1. The molecule has 0 radical (unpaired) electrons. The van der Waals surface area contributed by atoms with E-state index in [-0.39, 0.29) is 0 Å². The van der Waals surface area contributed by atoms with E-state index in [4.69, 9.17) is 11.6 Å². The quantitative estimate of drug-likeness (QED) is 0.913. The zero-order chi connectivity index (χ0) is 14.1. The van der Waals surface area contributed by atoms with Gasteiger partial charge in [0.15, 0.2) is 0 Å². The van der Waals surface area contributed by atoms with Crippen molar-refractivity contribution in [1.82, 2.24) is 4.98 Å². The Morgan fingerprint density at radius 1 is 1.20 bits per heavy atom. The number of benzene rings is 1. The zero-order valence-corrected chi connectivity index (χ0v) is 12.7. The van der Waals surface area contributed by atoms with E-state index in [1.165, 1.54) is 31.1 Å². The van der Waals surface area contributed by atoms with Gasteiger partial charge in [0.2, 0.25) is 0 Å². The predicted molar refractivity (Wildman–Crippen MR) is 87.0 cm³/mol. The number of hydrogen-bond acceptors (Lipinski definition) is 3. The average Bonchev–Trinajstić information content (AvgIpc) is 2.91. The largest absolute Gasteiger partial charge is 0.381 e. The molecule has 3 nitrogen and oxygen atoms in total. The van der Waals surface area contributed by atoms with Gasteiger partial charge in [-0.1, -0.05) is 30.5 Å². The van der Waals surface area contributed by atoms with Gasteiger partial charge in [-0.15, -0.1) is 0 Å². The van der Waals surface area contributed by atoms with Crippen LogP contribution < -0.4 is 10.2 Å². The second-order valence-electron chi connectivity index (χ2n) is 5.71. The fourth-order valence-corrected chi connectivity index (χ4v) is 3.13. The van der Waals surface area contributed by atoms with Gasteiger partial charge in [0.05, 0.1) is 11.9 Å². The molecular weight excluding hydrogens is 270 g/mol. The van der Waals surface area contributed by atoms with Crippen LogP contribution in [0.5, 0.6) is 0 Å². The van der Waals surface area contributed by atoms with E-state index >= 15 is 0 Å². The summed E-state index contributed by atoms with van der Waals surface area (Å²) in [6.45, 7) is 0. The zero-order valence-electron chi connectivity index (χ0n) is 12.0. The Hall–Kier alpha value is -1.48. The maximum absolute atomic E-state index is 6.15. The lowest BCUT2D eigenvalue weighted by Gasteiger charge is -2.19. The number of rotatable bonds is 3. The first kappa shape index (κ1) is 13.5. The van der Waals surface area contributed by atoms with Crippen LogP contribution in [0, 0.1) is 0 Å². The Bertz CT molecular complexity index is 618. The molecule has 1 aliphatic rings. The fraction of sp³-hybridized carbons (Fsp3) is 0.438. The van der Waals surface area contributed by atoms with Crippen LogP contribution in [0.2, 0.25) is 5.02 Å². The van der Waals surface area contributed by atoms with E-state index in [0.717, 1.165) is 21.9 Å². The minimum absolute atomic E-state index is 0.584. The van der Waals surface area contributed by atoms with Crippen LogP contribution in [0.25, 0.3) is 10.8 Å². The van der Waals surface area contributed by atoms with Gasteiger partial charge in [0.1, 0.15) is 5.82 Å².